The largest absolute Gasteiger partial charge is 0.506 e. The second kappa shape index (κ2) is 16.0. The van der Waals surface area contributed by atoms with Gasteiger partial charge >= 0.3 is 6.09 Å². The number of fused-ring (bicyclic) bond motifs is 1. The first-order chi connectivity index (χ1) is 22.7. The number of amides is 2. The maximum absolute atomic E-state index is 13.5. The molecule has 0 atom stereocenters. The highest BCUT2D eigenvalue weighted by molar-refractivity contribution is 7.99. The van der Waals surface area contributed by atoms with Crippen molar-refractivity contribution in [2.24, 2.45) is 5.92 Å². The van der Waals surface area contributed by atoms with Crippen LogP contribution in [-0.2, 0) is 4.74 Å². The van der Waals surface area contributed by atoms with Crippen LogP contribution in [-0.4, -0.2) is 57.1 Å². The summed E-state index contributed by atoms with van der Waals surface area (Å²) < 4.78 is 13.2. The van der Waals surface area contributed by atoms with Gasteiger partial charge in [-0.1, -0.05) is 62.9 Å². The number of aryl methyl sites for hydroxylation is 2. The second-order valence-electron chi connectivity index (χ2n) is 12.5. The van der Waals surface area contributed by atoms with Crippen molar-refractivity contribution in [2.75, 3.05) is 25.1 Å². The van der Waals surface area contributed by atoms with Crippen molar-refractivity contribution in [3.05, 3.63) is 59.2 Å². The van der Waals surface area contributed by atoms with Gasteiger partial charge in [-0.15, -0.1) is 5.10 Å². The molecular formula is C35H44N6O5S. The van der Waals surface area contributed by atoms with Gasteiger partial charge in [0.2, 0.25) is 5.16 Å². The molecule has 1 aliphatic carbocycles. The number of rotatable bonds is 13. The summed E-state index contributed by atoms with van der Waals surface area (Å²) in [5.74, 6) is 0.463. The number of hydrogen-bond donors (Lipinski definition) is 3. The number of unbranched alkanes of at least 4 members (excludes halogenated alkanes) is 1. The quantitative estimate of drug-likeness (QED) is 0.124. The Kier molecular flexibility index (Phi) is 11.6. The number of aromatic nitrogens is 4. The molecule has 11 nitrogen and oxygen atoms in total. The maximum Gasteiger partial charge on any atom is 0.411 e. The highest BCUT2D eigenvalue weighted by Crippen LogP contribution is 2.43. The third-order valence-electron chi connectivity index (χ3n) is 8.15. The predicted molar refractivity (Wildman–Crippen MR) is 182 cm³/mol. The Bertz CT molecular complexity index is 1700. The Labute approximate surface area is 279 Å². The van der Waals surface area contributed by atoms with E-state index in [1.807, 2.05) is 37.6 Å². The van der Waals surface area contributed by atoms with Gasteiger partial charge < -0.3 is 19.9 Å². The second-order valence-corrected chi connectivity index (χ2v) is 13.5. The van der Waals surface area contributed by atoms with Crippen molar-refractivity contribution in [2.45, 2.75) is 88.7 Å². The number of carbonyl (C=O) groups excluding carboxylic acids is 2. The first-order valence-electron chi connectivity index (χ1n) is 16.4. The molecule has 0 radical (unpaired) electrons. The molecule has 250 valence electrons. The van der Waals surface area contributed by atoms with E-state index in [9.17, 15) is 14.7 Å². The molecule has 0 aliphatic heterocycles. The van der Waals surface area contributed by atoms with Crippen molar-refractivity contribution in [1.82, 2.24) is 25.5 Å². The molecular weight excluding hydrogens is 616 g/mol. The fourth-order valence-corrected chi connectivity index (χ4v) is 6.80. The number of ether oxygens (including phenoxy) is 2. The monoisotopic (exact) mass is 660 g/mol. The van der Waals surface area contributed by atoms with Gasteiger partial charge in [0.05, 0.1) is 30.5 Å². The van der Waals surface area contributed by atoms with E-state index in [4.69, 9.17) is 9.47 Å². The zero-order chi connectivity index (χ0) is 33.3. The SMILES string of the molecule is Cc1ccc(OCCCCNC(=O)c2cc(Sc3nnnn3C3CCCCC3)c3c(NC(=O)OCC(C)C)cccc3c2O)c(C)c1. The van der Waals surface area contributed by atoms with Crippen LogP contribution in [0.25, 0.3) is 10.8 Å². The van der Waals surface area contributed by atoms with Crippen molar-refractivity contribution in [3.8, 4) is 11.5 Å². The van der Waals surface area contributed by atoms with Gasteiger partial charge in [0, 0.05) is 22.2 Å². The predicted octanol–water partition coefficient (Wildman–Crippen LogP) is 7.60. The van der Waals surface area contributed by atoms with Crippen molar-refractivity contribution in [1.29, 1.82) is 0 Å². The summed E-state index contributed by atoms with van der Waals surface area (Å²) in [7, 11) is 0. The summed E-state index contributed by atoms with van der Waals surface area (Å²) in [5.41, 5.74) is 2.86. The van der Waals surface area contributed by atoms with Crippen LogP contribution in [0.3, 0.4) is 0 Å². The van der Waals surface area contributed by atoms with Crippen LogP contribution in [0.15, 0.2) is 52.5 Å². The van der Waals surface area contributed by atoms with Gasteiger partial charge in [-0.25, -0.2) is 9.48 Å². The minimum absolute atomic E-state index is 0.128. The molecule has 1 aliphatic rings. The van der Waals surface area contributed by atoms with Crippen LogP contribution in [0.5, 0.6) is 11.5 Å². The Morgan fingerprint density at radius 1 is 1.09 bits per heavy atom. The number of phenolic OH excluding ortho intramolecular Hbond substituents is 1. The standard InChI is InChI=1S/C35H44N6O5S/c1-22(2)21-46-35(44)37-28-14-10-13-26-31(28)30(47-34-38-39-40-41(34)25-11-6-5-7-12-25)20-27(32(26)42)33(43)36-17-8-9-18-45-29-16-15-23(3)19-24(29)4/h10,13-16,19-20,22,25,42H,5-9,11-12,17-18,21H2,1-4H3,(H,36,43)(H,37,44). The Balaban J connectivity index is 1.36. The molecule has 0 spiro atoms. The number of anilines is 1. The number of nitrogens with zero attached hydrogens (tertiary/aromatic N) is 4. The molecule has 1 heterocycles. The smallest absolute Gasteiger partial charge is 0.411 e. The van der Waals surface area contributed by atoms with Gasteiger partial charge in [0.1, 0.15) is 11.5 Å². The maximum atomic E-state index is 13.5. The molecule has 3 aromatic carbocycles. The van der Waals surface area contributed by atoms with Gasteiger partial charge in [0.25, 0.3) is 5.91 Å². The first-order valence-corrected chi connectivity index (χ1v) is 17.2. The van der Waals surface area contributed by atoms with Crippen molar-refractivity contribution >= 4 is 40.2 Å². The van der Waals surface area contributed by atoms with Crippen molar-refractivity contribution in [3.63, 3.8) is 0 Å². The molecule has 2 amide bonds. The Hall–Kier alpha value is -4.32. The third kappa shape index (κ3) is 8.73. The number of phenols is 1. The Morgan fingerprint density at radius 2 is 1.89 bits per heavy atom. The molecule has 3 N–H and O–H groups in total. The number of nitrogens with one attached hydrogen (secondary N) is 2. The summed E-state index contributed by atoms with van der Waals surface area (Å²) in [6, 6.07) is 13.1. The first kappa shape index (κ1) is 34.0. The third-order valence-corrected chi connectivity index (χ3v) is 9.15. The molecule has 0 bridgehead atoms. The molecule has 1 aromatic heterocycles. The van der Waals surface area contributed by atoms with E-state index < -0.39 is 12.0 Å². The van der Waals surface area contributed by atoms with Gasteiger partial charge in [0.15, 0.2) is 0 Å². The van der Waals surface area contributed by atoms with Crippen LogP contribution < -0.4 is 15.4 Å². The van der Waals surface area contributed by atoms with E-state index in [-0.39, 0.29) is 29.9 Å². The topological polar surface area (TPSA) is 140 Å². The molecule has 0 saturated heterocycles. The lowest BCUT2D eigenvalue weighted by molar-refractivity contribution is 0.0949. The zero-order valence-corrected chi connectivity index (χ0v) is 28.4. The van der Waals surface area contributed by atoms with E-state index >= 15 is 0 Å². The molecule has 47 heavy (non-hydrogen) atoms. The lowest BCUT2D eigenvalue weighted by Gasteiger charge is -2.22. The number of aromatic hydroxyl groups is 1. The average Bonchev–Trinajstić information content (AvgIpc) is 3.52. The van der Waals surface area contributed by atoms with Crippen LogP contribution in [0.2, 0.25) is 0 Å². The molecule has 5 rings (SSSR count). The summed E-state index contributed by atoms with van der Waals surface area (Å²) in [5, 5.41) is 31.3. The minimum Gasteiger partial charge on any atom is -0.506 e. The summed E-state index contributed by atoms with van der Waals surface area (Å²) >= 11 is 1.31. The molecule has 4 aromatic rings. The van der Waals surface area contributed by atoms with E-state index in [0.29, 0.717) is 46.1 Å². The number of benzene rings is 3. The van der Waals surface area contributed by atoms with Crippen LogP contribution in [0, 0.1) is 19.8 Å². The number of tetrazole rings is 1. The molecule has 1 fully saturated rings. The van der Waals surface area contributed by atoms with E-state index in [2.05, 4.69) is 39.1 Å². The molecule has 12 heteroatoms. The summed E-state index contributed by atoms with van der Waals surface area (Å²) in [6.45, 7) is 9.21. The van der Waals surface area contributed by atoms with Gasteiger partial charge in [-0.2, -0.15) is 0 Å². The summed E-state index contributed by atoms with van der Waals surface area (Å²) in [4.78, 5) is 26.8. The summed E-state index contributed by atoms with van der Waals surface area (Å²) in [6.07, 6.45) is 6.27. The van der Waals surface area contributed by atoms with E-state index in [0.717, 1.165) is 43.4 Å². The fraction of sp³-hybridized carbons (Fsp3) is 0.457. The fourth-order valence-electron chi connectivity index (χ4n) is 5.75. The van der Waals surface area contributed by atoms with E-state index in [1.54, 1.807) is 24.3 Å². The molecule has 0 unspecified atom stereocenters. The normalized spacial score (nSPS) is 13.6. The van der Waals surface area contributed by atoms with E-state index in [1.165, 1.54) is 23.7 Å². The molecule has 1 saturated carbocycles. The highest BCUT2D eigenvalue weighted by atomic mass is 32.2. The van der Waals surface area contributed by atoms with Crippen LogP contribution in [0.1, 0.15) is 86.3 Å². The number of carbonyl (C=O) groups is 2. The minimum atomic E-state index is -0.600. The lowest BCUT2D eigenvalue weighted by atomic mass is 9.96. The van der Waals surface area contributed by atoms with Gasteiger partial charge in [-0.05, 0) is 91.4 Å². The Morgan fingerprint density at radius 3 is 2.66 bits per heavy atom. The van der Waals surface area contributed by atoms with Crippen LogP contribution >= 0.6 is 11.8 Å². The average molecular weight is 661 g/mol. The zero-order valence-electron chi connectivity index (χ0n) is 27.5. The number of hydrogen-bond acceptors (Lipinski definition) is 9. The van der Waals surface area contributed by atoms with Crippen LogP contribution in [0.4, 0.5) is 10.5 Å². The highest BCUT2D eigenvalue weighted by Gasteiger charge is 2.25. The lowest BCUT2D eigenvalue weighted by Crippen LogP contribution is -2.25. The van der Waals surface area contributed by atoms with Gasteiger partial charge in [-0.3, -0.25) is 10.1 Å². The van der Waals surface area contributed by atoms with Crippen molar-refractivity contribution < 1.29 is 24.2 Å².